The molecule has 0 aliphatic rings. The van der Waals surface area contributed by atoms with Crippen LogP contribution in [0.5, 0.6) is 0 Å². The lowest BCUT2D eigenvalue weighted by Crippen LogP contribution is -2.20. The summed E-state index contributed by atoms with van der Waals surface area (Å²) in [6.45, 7) is 0. The van der Waals surface area contributed by atoms with Gasteiger partial charge in [-0.1, -0.05) is 0 Å². The Labute approximate surface area is 45.5 Å². The van der Waals surface area contributed by atoms with Crippen LogP contribution >= 0.6 is 11.6 Å². The van der Waals surface area contributed by atoms with Crippen molar-refractivity contribution in [3.63, 3.8) is 0 Å². The summed E-state index contributed by atoms with van der Waals surface area (Å²) in [6, 6.07) is 0. The molecule has 0 aliphatic carbocycles. The first kappa shape index (κ1) is 6.72. The van der Waals surface area contributed by atoms with E-state index in [-0.39, 0.29) is 5.88 Å². The van der Waals surface area contributed by atoms with Crippen molar-refractivity contribution in [2.45, 2.75) is 6.10 Å². The van der Waals surface area contributed by atoms with Crippen LogP contribution in [0, 0.1) is 0 Å². The van der Waals surface area contributed by atoms with Crippen LogP contribution < -0.4 is 0 Å². The summed E-state index contributed by atoms with van der Waals surface area (Å²) in [5, 5.41) is 16.1. The molecule has 0 aromatic carbocycles. The van der Waals surface area contributed by atoms with E-state index in [1.807, 2.05) is 0 Å². The van der Waals surface area contributed by atoms with Crippen molar-refractivity contribution in [3.8, 4) is 0 Å². The van der Waals surface area contributed by atoms with Crippen LogP contribution in [0.3, 0.4) is 0 Å². The van der Waals surface area contributed by atoms with Crippen molar-refractivity contribution in [3.05, 3.63) is 0 Å². The van der Waals surface area contributed by atoms with Gasteiger partial charge in [0.1, 0.15) is 0 Å². The summed E-state index contributed by atoms with van der Waals surface area (Å²) in [6.07, 6.45) is -1.42. The molecule has 0 amide bonds. The Bertz CT molecular complexity index is 72.6. The van der Waals surface area contributed by atoms with E-state index < -0.39 is 12.1 Å². The molecule has 0 fully saturated rings. The maximum Gasteiger partial charge on any atom is 0.333 e. The zero-order valence-corrected chi connectivity index (χ0v) is 4.22. The highest BCUT2D eigenvalue weighted by molar-refractivity contribution is 6.19. The van der Waals surface area contributed by atoms with Crippen LogP contribution in [0.25, 0.3) is 0 Å². The van der Waals surface area contributed by atoms with Gasteiger partial charge in [0.2, 0.25) is 0 Å². The largest absolute Gasteiger partial charge is 0.479 e. The summed E-state index contributed by atoms with van der Waals surface area (Å²) < 4.78 is 0. The number of carboxylic acids is 1. The van der Waals surface area contributed by atoms with Crippen molar-refractivity contribution >= 4 is 17.6 Å². The molecule has 0 saturated heterocycles. The third kappa shape index (κ3) is 2.42. The van der Waals surface area contributed by atoms with Gasteiger partial charge in [-0.3, -0.25) is 0 Å². The van der Waals surface area contributed by atoms with E-state index in [4.69, 9.17) is 21.8 Å². The fraction of sp³-hybridized carbons (Fsp3) is 0.667. The van der Waals surface area contributed by atoms with E-state index in [0.717, 1.165) is 0 Å². The molecule has 0 saturated carbocycles. The van der Waals surface area contributed by atoms with Gasteiger partial charge in [-0.25, -0.2) is 4.79 Å². The normalized spacial score (nSPS) is 13.4. The Morgan fingerprint density at radius 2 is 2.29 bits per heavy atom. The fourth-order valence-electron chi connectivity index (χ4n) is 0.0660. The topological polar surface area (TPSA) is 57.5 Å². The third-order valence-corrected chi connectivity index (χ3v) is 0.724. The zero-order chi connectivity index (χ0) is 5.86. The summed E-state index contributed by atoms with van der Waals surface area (Å²) in [5.41, 5.74) is 0. The van der Waals surface area contributed by atoms with Gasteiger partial charge in [0.15, 0.2) is 6.10 Å². The van der Waals surface area contributed by atoms with E-state index in [1.165, 1.54) is 0 Å². The van der Waals surface area contributed by atoms with Crippen molar-refractivity contribution in [2.24, 2.45) is 0 Å². The first-order valence-electron chi connectivity index (χ1n) is 1.65. The van der Waals surface area contributed by atoms with Crippen molar-refractivity contribution < 1.29 is 15.0 Å². The van der Waals surface area contributed by atoms with Crippen LogP contribution in [-0.2, 0) is 4.79 Å². The summed E-state index contributed by atoms with van der Waals surface area (Å²) in [5.74, 6) is -1.54. The molecule has 0 bridgehead atoms. The Hall–Kier alpha value is -0.280. The number of aliphatic carboxylic acids is 1. The molecule has 0 spiro atoms. The quantitative estimate of drug-likeness (QED) is 0.496. The molecular weight excluding hydrogens is 119 g/mol. The molecule has 0 rings (SSSR count). The number of halogens is 1. The summed E-state index contributed by atoms with van der Waals surface area (Å²) in [7, 11) is 0. The van der Waals surface area contributed by atoms with Crippen molar-refractivity contribution in [1.82, 2.24) is 0 Å². The molecule has 0 aromatic heterocycles. The maximum absolute atomic E-state index is 9.60. The smallest absolute Gasteiger partial charge is 0.333 e. The Morgan fingerprint density at radius 3 is 2.29 bits per heavy atom. The van der Waals surface area contributed by atoms with Crippen LogP contribution in [-0.4, -0.2) is 28.2 Å². The van der Waals surface area contributed by atoms with Crippen LogP contribution in [0.1, 0.15) is 0 Å². The fourth-order valence-corrected chi connectivity index (χ4v) is 0.198. The average Bonchev–Trinajstić information content (AvgIpc) is 1.65. The van der Waals surface area contributed by atoms with Gasteiger partial charge >= 0.3 is 5.97 Å². The number of hydrogen-bond acceptors (Lipinski definition) is 2. The van der Waals surface area contributed by atoms with Gasteiger partial charge in [0.25, 0.3) is 0 Å². The molecule has 0 heterocycles. The lowest BCUT2D eigenvalue weighted by Gasteiger charge is -1.94. The lowest BCUT2D eigenvalue weighted by atomic mass is 10.4. The molecule has 42 valence electrons. The minimum atomic E-state index is -1.42. The molecule has 4 heteroatoms. The Balaban J connectivity index is 3.34. The molecule has 0 aromatic rings. The predicted octanol–water partition coefficient (Wildman–Crippen LogP) is -0.329. The average molecular weight is 125 g/mol. The third-order valence-electron chi connectivity index (χ3n) is 0.431. The van der Waals surface area contributed by atoms with Crippen LogP contribution in [0.4, 0.5) is 0 Å². The highest BCUT2D eigenvalue weighted by atomic mass is 35.5. The van der Waals surface area contributed by atoms with Gasteiger partial charge < -0.3 is 10.2 Å². The second-order valence-corrected chi connectivity index (χ2v) is 1.32. The number of hydrogen-bond donors (Lipinski definition) is 2. The minimum absolute atomic E-state index is 0.255. The number of aliphatic hydroxyl groups is 1. The van der Waals surface area contributed by atoms with E-state index in [2.05, 4.69) is 0 Å². The molecule has 0 radical (unpaired) electrons. The SMILES string of the molecule is O=C(O)C(O)CCl. The lowest BCUT2D eigenvalue weighted by molar-refractivity contribution is -0.145. The molecular formula is C3H5ClO3. The highest BCUT2D eigenvalue weighted by Crippen LogP contribution is 1.84. The van der Waals surface area contributed by atoms with Crippen molar-refractivity contribution in [1.29, 1.82) is 0 Å². The van der Waals surface area contributed by atoms with Gasteiger partial charge in [-0.15, -0.1) is 11.6 Å². The van der Waals surface area contributed by atoms with Gasteiger partial charge in [-0.05, 0) is 0 Å². The molecule has 2 N–H and O–H groups in total. The molecule has 3 nitrogen and oxygen atoms in total. The van der Waals surface area contributed by atoms with E-state index in [1.54, 1.807) is 0 Å². The summed E-state index contributed by atoms with van der Waals surface area (Å²) in [4.78, 5) is 9.60. The molecule has 0 aliphatic heterocycles. The standard InChI is InChI=1S/C3H5ClO3/c4-1-2(5)3(6)7/h2,5H,1H2,(H,6,7). The second-order valence-electron chi connectivity index (χ2n) is 1.01. The number of carbonyl (C=O) groups is 1. The van der Waals surface area contributed by atoms with E-state index in [9.17, 15) is 4.79 Å². The van der Waals surface area contributed by atoms with E-state index in [0.29, 0.717) is 0 Å². The van der Waals surface area contributed by atoms with Crippen molar-refractivity contribution in [2.75, 3.05) is 5.88 Å². The van der Waals surface area contributed by atoms with E-state index >= 15 is 0 Å². The maximum atomic E-state index is 9.60. The highest BCUT2D eigenvalue weighted by Gasteiger charge is 2.08. The monoisotopic (exact) mass is 124 g/mol. The van der Waals surface area contributed by atoms with Gasteiger partial charge in [0.05, 0.1) is 5.88 Å². The number of aliphatic hydroxyl groups excluding tert-OH is 1. The molecule has 7 heavy (non-hydrogen) atoms. The number of alkyl halides is 1. The zero-order valence-electron chi connectivity index (χ0n) is 3.47. The molecule has 1 unspecified atom stereocenters. The first-order valence-corrected chi connectivity index (χ1v) is 2.18. The minimum Gasteiger partial charge on any atom is -0.479 e. The Morgan fingerprint density at radius 1 is 1.86 bits per heavy atom. The first-order chi connectivity index (χ1) is 3.18. The second kappa shape index (κ2) is 2.82. The summed E-state index contributed by atoms with van der Waals surface area (Å²) >= 11 is 4.92. The van der Waals surface area contributed by atoms with Gasteiger partial charge in [0, 0.05) is 0 Å². The van der Waals surface area contributed by atoms with Crippen LogP contribution in [0.2, 0.25) is 0 Å². The van der Waals surface area contributed by atoms with Crippen LogP contribution in [0.15, 0.2) is 0 Å². The Kier molecular flexibility index (Phi) is 2.71. The van der Waals surface area contributed by atoms with Gasteiger partial charge in [-0.2, -0.15) is 0 Å². The predicted molar refractivity (Wildman–Crippen MR) is 24.4 cm³/mol. The number of carboxylic acid groups (broad SMARTS) is 1. The number of rotatable bonds is 2. The molecule has 1 atom stereocenters.